The maximum Gasteiger partial charge on any atom is 0.280 e. The number of hydrogen-bond donors (Lipinski definition) is 1. The largest absolute Gasteiger partial charge is 0.350 e. The van der Waals surface area contributed by atoms with E-state index in [1.54, 1.807) is 0 Å². The van der Waals surface area contributed by atoms with Gasteiger partial charge in [0.25, 0.3) is 5.91 Å². The molecule has 0 unspecified atom stereocenters. The Balaban J connectivity index is 1.54. The highest BCUT2D eigenvalue weighted by Gasteiger charge is 2.18. The van der Waals surface area contributed by atoms with E-state index in [-0.39, 0.29) is 5.91 Å². The van der Waals surface area contributed by atoms with Crippen molar-refractivity contribution in [1.29, 1.82) is 0 Å². The summed E-state index contributed by atoms with van der Waals surface area (Å²) in [6, 6.07) is 0. The minimum atomic E-state index is -0.102. The lowest BCUT2D eigenvalue weighted by atomic mass is 9.94. The van der Waals surface area contributed by atoms with E-state index in [4.69, 9.17) is 0 Å². The quantitative estimate of drug-likeness (QED) is 0.931. The number of nitrogens with one attached hydrogen (secondary N) is 1. The monoisotopic (exact) mass is 319 g/mol. The van der Waals surface area contributed by atoms with Gasteiger partial charge in [0.15, 0.2) is 5.01 Å². The highest BCUT2D eigenvalue weighted by Crippen LogP contribution is 2.21. The zero-order valence-corrected chi connectivity index (χ0v) is 13.8. The van der Waals surface area contributed by atoms with Crippen molar-refractivity contribution in [2.24, 2.45) is 5.92 Å². The first-order valence-electron chi connectivity index (χ1n) is 7.68. The van der Waals surface area contributed by atoms with E-state index < -0.39 is 0 Å². The van der Waals surface area contributed by atoms with Crippen molar-refractivity contribution in [1.82, 2.24) is 25.2 Å². The van der Waals surface area contributed by atoms with Gasteiger partial charge in [0.2, 0.25) is 0 Å². The van der Waals surface area contributed by atoms with Crippen LogP contribution in [0.2, 0.25) is 0 Å². The lowest BCUT2D eigenvalue weighted by Crippen LogP contribution is -2.32. The van der Waals surface area contributed by atoms with Gasteiger partial charge in [0.05, 0.1) is 5.69 Å². The molecule has 6 nitrogen and oxygen atoms in total. The number of nitrogens with zero attached hydrogens (tertiary/aromatic N) is 4. The van der Waals surface area contributed by atoms with Gasteiger partial charge in [-0.15, -0.1) is 0 Å². The fourth-order valence-corrected chi connectivity index (χ4v) is 3.65. The molecule has 0 saturated carbocycles. The van der Waals surface area contributed by atoms with E-state index in [0.29, 0.717) is 11.6 Å². The van der Waals surface area contributed by atoms with Crippen LogP contribution in [-0.2, 0) is 0 Å². The molecule has 1 amide bonds. The summed E-state index contributed by atoms with van der Waals surface area (Å²) in [6.45, 7) is 4.92. The molecular weight excluding hydrogens is 298 g/mol. The van der Waals surface area contributed by atoms with Crippen molar-refractivity contribution in [3.8, 4) is 0 Å². The van der Waals surface area contributed by atoms with Gasteiger partial charge in [-0.1, -0.05) is 11.3 Å². The van der Waals surface area contributed by atoms with Crippen LogP contribution in [-0.4, -0.2) is 52.4 Å². The fraction of sp³-hybridized carbons (Fsp3) is 0.600. The van der Waals surface area contributed by atoms with Gasteiger partial charge in [-0.2, -0.15) is 0 Å². The van der Waals surface area contributed by atoms with E-state index in [0.717, 1.165) is 41.5 Å². The van der Waals surface area contributed by atoms with Crippen LogP contribution in [0.1, 0.15) is 34.8 Å². The van der Waals surface area contributed by atoms with Crippen LogP contribution in [0.15, 0.2) is 6.33 Å². The highest BCUT2D eigenvalue weighted by molar-refractivity contribution is 7.19. The normalized spacial score (nSPS) is 17.0. The van der Waals surface area contributed by atoms with E-state index in [1.807, 2.05) is 6.92 Å². The zero-order chi connectivity index (χ0) is 15.5. The molecule has 2 aromatic heterocycles. The molecule has 1 aliphatic heterocycles. The Morgan fingerprint density at radius 2 is 2.18 bits per heavy atom. The van der Waals surface area contributed by atoms with Gasteiger partial charge >= 0.3 is 0 Å². The smallest absolute Gasteiger partial charge is 0.280 e. The Bertz CT molecular complexity index is 663. The number of rotatable bonds is 4. The Morgan fingerprint density at radius 1 is 1.41 bits per heavy atom. The molecule has 0 radical (unpaired) electrons. The number of aryl methyl sites for hydroxylation is 1. The van der Waals surface area contributed by atoms with E-state index in [1.165, 1.54) is 30.5 Å². The molecule has 1 saturated heterocycles. The van der Waals surface area contributed by atoms with Gasteiger partial charge in [0, 0.05) is 6.54 Å². The second-order valence-corrected chi connectivity index (χ2v) is 6.90. The van der Waals surface area contributed by atoms with Crippen LogP contribution in [0.25, 0.3) is 10.3 Å². The van der Waals surface area contributed by atoms with Crippen molar-refractivity contribution < 1.29 is 4.79 Å². The standard InChI is InChI=1S/C15H21N5OS/c1-10-12-14(18-9-17-10)22-15(19-12)13(21)16-6-3-11-4-7-20(2)8-5-11/h9,11H,3-8H2,1-2H3,(H,16,21). The molecule has 0 aromatic carbocycles. The van der Waals surface area contributed by atoms with Crippen molar-refractivity contribution in [2.45, 2.75) is 26.2 Å². The summed E-state index contributed by atoms with van der Waals surface area (Å²) in [5, 5.41) is 3.46. The molecule has 118 valence electrons. The second-order valence-electron chi connectivity index (χ2n) is 5.92. The Hall–Kier alpha value is -1.60. The summed E-state index contributed by atoms with van der Waals surface area (Å²) in [5.74, 6) is 0.621. The third-order valence-electron chi connectivity index (χ3n) is 4.25. The lowest BCUT2D eigenvalue weighted by Gasteiger charge is -2.28. The minimum Gasteiger partial charge on any atom is -0.350 e. The molecular formula is C15H21N5OS. The van der Waals surface area contributed by atoms with Gasteiger partial charge in [-0.25, -0.2) is 15.0 Å². The topological polar surface area (TPSA) is 71.0 Å². The first-order chi connectivity index (χ1) is 10.6. The Labute approximate surface area is 134 Å². The summed E-state index contributed by atoms with van der Waals surface area (Å²) < 4.78 is 0. The molecule has 0 spiro atoms. The summed E-state index contributed by atoms with van der Waals surface area (Å²) in [5.41, 5.74) is 1.54. The molecule has 1 N–H and O–H groups in total. The first-order valence-corrected chi connectivity index (χ1v) is 8.50. The zero-order valence-electron chi connectivity index (χ0n) is 13.0. The van der Waals surface area contributed by atoms with Gasteiger partial charge in [-0.05, 0) is 52.2 Å². The summed E-state index contributed by atoms with van der Waals surface area (Å²) in [7, 11) is 2.16. The third kappa shape index (κ3) is 3.41. The molecule has 3 rings (SSSR count). The number of fused-ring (bicyclic) bond motifs is 1. The average molecular weight is 319 g/mol. The molecule has 1 fully saturated rings. The van der Waals surface area contributed by atoms with Crippen molar-refractivity contribution in [3.05, 3.63) is 17.0 Å². The van der Waals surface area contributed by atoms with Gasteiger partial charge in [0.1, 0.15) is 16.7 Å². The number of likely N-dealkylation sites (tertiary alicyclic amines) is 1. The van der Waals surface area contributed by atoms with Crippen molar-refractivity contribution in [2.75, 3.05) is 26.7 Å². The molecule has 0 bridgehead atoms. The third-order valence-corrected chi connectivity index (χ3v) is 5.21. The predicted molar refractivity (Wildman–Crippen MR) is 87.1 cm³/mol. The van der Waals surface area contributed by atoms with Crippen LogP contribution in [0.5, 0.6) is 0 Å². The summed E-state index contributed by atoms with van der Waals surface area (Å²) in [6.07, 6.45) is 5.01. The number of hydrogen-bond acceptors (Lipinski definition) is 6. The number of thiazole rings is 1. The molecule has 0 aliphatic carbocycles. The van der Waals surface area contributed by atoms with Crippen molar-refractivity contribution >= 4 is 27.6 Å². The number of carbonyl (C=O) groups is 1. The minimum absolute atomic E-state index is 0.102. The van der Waals surface area contributed by atoms with Crippen LogP contribution in [0.3, 0.4) is 0 Å². The second kappa shape index (κ2) is 6.66. The number of carbonyl (C=O) groups excluding carboxylic acids is 1. The number of piperidine rings is 1. The maximum absolute atomic E-state index is 12.2. The number of aromatic nitrogens is 3. The van der Waals surface area contributed by atoms with Crippen LogP contribution >= 0.6 is 11.3 Å². The van der Waals surface area contributed by atoms with Crippen LogP contribution in [0, 0.1) is 12.8 Å². The fourth-order valence-electron chi connectivity index (χ4n) is 2.78. The SMILES string of the molecule is Cc1ncnc2sc(C(=O)NCCC3CCN(C)CC3)nc12. The molecule has 7 heteroatoms. The van der Waals surface area contributed by atoms with E-state index in [9.17, 15) is 4.79 Å². The van der Waals surface area contributed by atoms with E-state index >= 15 is 0 Å². The molecule has 3 heterocycles. The van der Waals surface area contributed by atoms with E-state index in [2.05, 4.69) is 32.2 Å². The average Bonchev–Trinajstić information content (AvgIpc) is 2.95. The summed E-state index contributed by atoms with van der Waals surface area (Å²) in [4.78, 5) is 28.0. The van der Waals surface area contributed by atoms with Crippen LogP contribution < -0.4 is 5.32 Å². The first kappa shape index (κ1) is 15.3. The molecule has 1 aliphatic rings. The van der Waals surface area contributed by atoms with Gasteiger partial charge in [-0.3, -0.25) is 4.79 Å². The van der Waals surface area contributed by atoms with Gasteiger partial charge < -0.3 is 10.2 Å². The lowest BCUT2D eigenvalue weighted by molar-refractivity contribution is 0.0948. The Kier molecular flexibility index (Phi) is 4.63. The predicted octanol–water partition coefficient (Wildman–Crippen LogP) is 1.86. The molecule has 22 heavy (non-hydrogen) atoms. The van der Waals surface area contributed by atoms with Crippen molar-refractivity contribution in [3.63, 3.8) is 0 Å². The highest BCUT2D eigenvalue weighted by atomic mass is 32.1. The maximum atomic E-state index is 12.2. The number of amides is 1. The molecule has 0 atom stereocenters. The Morgan fingerprint density at radius 3 is 2.91 bits per heavy atom. The molecule has 2 aromatic rings. The summed E-state index contributed by atoms with van der Waals surface area (Å²) >= 11 is 1.32. The van der Waals surface area contributed by atoms with Crippen LogP contribution in [0.4, 0.5) is 0 Å².